The largest absolute Gasteiger partial charge is 0.353 e. The summed E-state index contributed by atoms with van der Waals surface area (Å²) in [7, 11) is 3.48. The maximum absolute atomic E-state index is 11.8. The normalized spacial score (nSPS) is 17.6. The fourth-order valence-corrected chi connectivity index (χ4v) is 2.96. The van der Waals surface area contributed by atoms with Crippen molar-refractivity contribution < 1.29 is 4.79 Å². The Morgan fingerprint density at radius 2 is 2.11 bits per heavy atom. The second kappa shape index (κ2) is 12.7. The summed E-state index contributed by atoms with van der Waals surface area (Å²) in [6, 6.07) is 10.9. The molecule has 150 valence electrons. The van der Waals surface area contributed by atoms with Crippen LogP contribution in [0.4, 0.5) is 0 Å². The lowest BCUT2D eigenvalue weighted by Gasteiger charge is -2.34. The third-order valence-electron chi connectivity index (χ3n) is 4.38. The number of hydrogen-bond acceptors (Lipinski definition) is 3. The van der Waals surface area contributed by atoms with Gasteiger partial charge in [0.15, 0.2) is 5.96 Å². The minimum Gasteiger partial charge on any atom is -0.353 e. The molecule has 1 aliphatic rings. The van der Waals surface area contributed by atoms with E-state index in [1.807, 2.05) is 6.07 Å². The molecule has 1 aromatic rings. The number of aliphatic imine (C=N–C) groups is 1. The molecule has 1 heterocycles. The number of rotatable bonds is 7. The number of nitrogens with zero attached hydrogens (tertiary/aromatic N) is 3. The number of halogens is 1. The molecule has 1 saturated heterocycles. The van der Waals surface area contributed by atoms with Gasteiger partial charge >= 0.3 is 0 Å². The maximum Gasteiger partial charge on any atom is 0.243 e. The second-order valence-corrected chi connectivity index (χ2v) is 6.83. The molecule has 0 radical (unpaired) electrons. The Kier molecular flexibility index (Phi) is 11.0. The highest BCUT2D eigenvalue weighted by Gasteiger charge is 2.21. The van der Waals surface area contributed by atoms with Gasteiger partial charge in [0.1, 0.15) is 6.54 Å². The van der Waals surface area contributed by atoms with Crippen LogP contribution < -0.4 is 10.6 Å². The first-order valence-electron chi connectivity index (χ1n) is 9.20. The van der Waals surface area contributed by atoms with Crippen LogP contribution in [0.15, 0.2) is 48.0 Å². The lowest BCUT2D eigenvalue weighted by molar-refractivity contribution is -0.127. The van der Waals surface area contributed by atoms with Crippen LogP contribution in [0, 0.1) is 0 Å². The molecule has 1 amide bonds. The van der Waals surface area contributed by atoms with Crippen molar-refractivity contribution in [3.05, 3.63) is 48.6 Å². The Bertz CT molecular complexity index is 606. The molecular weight excluding hydrogens is 453 g/mol. The van der Waals surface area contributed by atoms with Crippen molar-refractivity contribution in [1.29, 1.82) is 0 Å². The van der Waals surface area contributed by atoms with Crippen LogP contribution in [0.2, 0.25) is 0 Å². The molecular formula is C20H32IN5O. The predicted octanol–water partition coefficient (Wildman–Crippen LogP) is 2.08. The quantitative estimate of drug-likeness (QED) is 0.269. The van der Waals surface area contributed by atoms with Gasteiger partial charge in [0.25, 0.3) is 0 Å². The smallest absolute Gasteiger partial charge is 0.243 e. The Hall–Kier alpha value is -1.61. The summed E-state index contributed by atoms with van der Waals surface area (Å²) in [6.45, 7) is 7.52. The zero-order valence-corrected chi connectivity index (χ0v) is 18.7. The Labute approximate surface area is 180 Å². The van der Waals surface area contributed by atoms with Gasteiger partial charge in [-0.3, -0.25) is 9.69 Å². The molecule has 2 N–H and O–H groups in total. The number of hydrogen-bond donors (Lipinski definition) is 2. The lowest BCUT2D eigenvalue weighted by Crippen LogP contribution is -2.51. The van der Waals surface area contributed by atoms with Crippen LogP contribution in [0.25, 0.3) is 0 Å². The number of guanidine groups is 1. The number of piperidine rings is 1. The number of nitrogens with one attached hydrogen (secondary N) is 2. The molecule has 0 spiro atoms. The fourth-order valence-electron chi connectivity index (χ4n) is 2.96. The second-order valence-electron chi connectivity index (χ2n) is 6.83. The van der Waals surface area contributed by atoms with E-state index in [1.165, 1.54) is 5.56 Å². The van der Waals surface area contributed by atoms with Crippen LogP contribution in [0.3, 0.4) is 0 Å². The molecule has 1 fully saturated rings. The maximum atomic E-state index is 11.8. The third-order valence-corrected chi connectivity index (χ3v) is 4.38. The highest BCUT2D eigenvalue weighted by Crippen LogP contribution is 2.13. The van der Waals surface area contributed by atoms with E-state index in [0.29, 0.717) is 18.5 Å². The van der Waals surface area contributed by atoms with Gasteiger partial charge in [0.2, 0.25) is 5.91 Å². The van der Waals surface area contributed by atoms with E-state index in [0.717, 1.165) is 32.5 Å². The zero-order chi connectivity index (χ0) is 18.8. The number of amides is 1. The minimum atomic E-state index is -0.0148. The molecule has 1 aromatic carbocycles. The Morgan fingerprint density at radius 3 is 2.78 bits per heavy atom. The van der Waals surface area contributed by atoms with E-state index >= 15 is 0 Å². The van der Waals surface area contributed by atoms with E-state index in [-0.39, 0.29) is 36.4 Å². The van der Waals surface area contributed by atoms with Crippen LogP contribution >= 0.6 is 24.0 Å². The van der Waals surface area contributed by atoms with Crippen molar-refractivity contribution in [3.8, 4) is 0 Å². The molecule has 7 heteroatoms. The monoisotopic (exact) mass is 485 g/mol. The molecule has 0 bridgehead atoms. The van der Waals surface area contributed by atoms with Crippen LogP contribution in [0.1, 0.15) is 18.4 Å². The molecule has 27 heavy (non-hydrogen) atoms. The lowest BCUT2D eigenvalue weighted by atomic mass is 10.0. The molecule has 0 aliphatic carbocycles. The van der Waals surface area contributed by atoms with Crippen LogP contribution in [-0.2, 0) is 11.3 Å². The van der Waals surface area contributed by atoms with Crippen molar-refractivity contribution in [2.24, 2.45) is 4.99 Å². The van der Waals surface area contributed by atoms with Gasteiger partial charge < -0.3 is 15.5 Å². The number of carbonyl (C=O) groups is 1. The standard InChI is InChI=1S/C20H31N5O.HI/c1-4-12-21-20(22-14-19(26)24(2)3)23-18-11-8-13-25(16-18)15-17-9-6-5-7-10-17;/h4-7,9-10,18H,1,8,11-16H2,2-3H3,(H2,21,22,23);1H. The van der Waals surface area contributed by atoms with Gasteiger partial charge in [-0.1, -0.05) is 36.4 Å². The summed E-state index contributed by atoms with van der Waals surface area (Å²) in [5, 5.41) is 6.69. The summed E-state index contributed by atoms with van der Waals surface area (Å²) in [5.41, 5.74) is 1.34. The number of benzene rings is 1. The van der Waals surface area contributed by atoms with Gasteiger partial charge in [0.05, 0.1) is 0 Å². The van der Waals surface area contributed by atoms with Crippen molar-refractivity contribution in [3.63, 3.8) is 0 Å². The molecule has 0 saturated carbocycles. The number of likely N-dealkylation sites (N-methyl/N-ethyl adjacent to an activating group) is 1. The fraction of sp³-hybridized carbons (Fsp3) is 0.500. The SMILES string of the molecule is C=CCNC(=NCC(=O)N(C)C)NC1CCCN(Cc2ccccc2)C1.I. The average Bonchev–Trinajstić information content (AvgIpc) is 2.64. The molecule has 6 nitrogen and oxygen atoms in total. The van der Waals surface area contributed by atoms with E-state index in [2.05, 4.69) is 51.4 Å². The summed E-state index contributed by atoms with van der Waals surface area (Å²) in [5.74, 6) is 0.658. The van der Waals surface area contributed by atoms with Crippen molar-refractivity contribution in [1.82, 2.24) is 20.4 Å². The first-order chi connectivity index (χ1) is 12.6. The van der Waals surface area contributed by atoms with Crippen LogP contribution in [-0.4, -0.2) is 68.0 Å². The van der Waals surface area contributed by atoms with Crippen molar-refractivity contribution in [2.75, 3.05) is 40.3 Å². The van der Waals surface area contributed by atoms with Gasteiger partial charge in [0, 0.05) is 39.8 Å². The van der Waals surface area contributed by atoms with Crippen molar-refractivity contribution >= 4 is 35.8 Å². The summed E-state index contributed by atoms with van der Waals surface area (Å²) < 4.78 is 0. The number of carbonyl (C=O) groups excluding carboxylic acids is 1. The first-order valence-corrected chi connectivity index (χ1v) is 9.20. The minimum absolute atomic E-state index is 0. The highest BCUT2D eigenvalue weighted by molar-refractivity contribution is 14.0. The highest BCUT2D eigenvalue weighted by atomic mass is 127. The molecule has 1 unspecified atom stereocenters. The summed E-state index contributed by atoms with van der Waals surface area (Å²) >= 11 is 0. The molecule has 1 atom stereocenters. The predicted molar refractivity (Wildman–Crippen MR) is 122 cm³/mol. The Morgan fingerprint density at radius 1 is 1.37 bits per heavy atom. The molecule has 1 aliphatic heterocycles. The van der Waals surface area contributed by atoms with E-state index in [9.17, 15) is 4.79 Å². The van der Waals surface area contributed by atoms with E-state index < -0.39 is 0 Å². The average molecular weight is 485 g/mol. The van der Waals surface area contributed by atoms with Crippen molar-refractivity contribution in [2.45, 2.75) is 25.4 Å². The Balaban J connectivity index is 0.00000364. The topological polar surface area (TPSA) is 60.0 Å². The summed E-state index contributed by atoms with van der Waals surface area (Å²) in [4.78, 5) is 20.2. The van der Waals surface area contributed by atoms with Crippen LogP contribution in [0.5, 0.6) is 0 Å². The molecule has 0 aromatic heterocycles. The van der Waals surface area contributed by atoms with Gasteiger partial charge in [-0.25, -0.2) is 4.99 Å². The number of likely N-dealkylation sites (tertiary alicyclic amines) is 1. The summed E-state index contributed by atoms with van der Waals surface area (Å²) in [6.07, 6.45) is 4.03. The van der Waals surface area contributed by atoms with E-state index in [4.69, 9.17) is 0 Å². The van der Waals surface area contributed by atoms with Gasteiger partial charge in [-0.15, -0.1) is 30.6 Å². The third kappa shape index (κ3) is 8.75. The van der Waals surface area contributed by atoms with Gasteiger partial charge in [-0.05, 0) is 24.9 Å². The first kappa shape index (κ1) is 23.4. The van der Waals surface area contributed by atoms with E-state index in [1.54, 1.807) is 25.1 Å². The molecule has 2 rings (SSSR count). The zero-order valence-electron chi connectivity index (χ0n) is 16.4. The van der Waals surface area contributed by atoms with Gasteiger partial charge in [-0.2, -0.15) is 0 Å².